The SMILES string of the molecule is C=CCNC(=NCCNS(=O)(=O)c1ccccc1)NCC. The molecule has 6 nitrogen and oxygen atoms in total. The third kappa shape index (κ3) is 6.42. The fourth-order valence-electron chi connectivity index (χ4n) is 1.54. The number of sulfonamides is 1. The summed E-state index contributed by atoms with van der Waals surface area (Å²) in [5, 5.41) is 6.10. The highest BCUT2D eigenvalue weighted by molar-refractivity contribution is 7.89. The first kappa shape index (κ1) is 17.2. The molecule has 3 N–H and O–H groups in total. The molecule has 0 fully saturated rings. The van der Waals surface area contributed by atoms with E-state index in [1.807, 2.05) is 6.92 Å². The molecule has 0 amide bonds. The van der Waals surface area contributed by atoms with E-state index >= 15 is 0 Å². The van der Waals surface area contributed by atoms with Gasteiger partial charge in [0.15, 0.2) is 5.96 Å². The van der Waals surface area contributed by atoms with Crippen LogP contribution in [0.2, 0.25) is 0 Å². The van der Waals surface area contributed by atoms with Crippen molar-refractivity contribution in [3.8, 4) is 0 Å². The molecule has 116 valence electrons. The van der Waals surface area contributed by atoms with Crippen LogP contribution in [0.1, 0.15) is 6.92 Å². The zero-order valence-electron chi connectivity index (χ0n) is 12.2. The maximum Gasteiger partial charge on any atom is 0.240 e. The fourth-order valence-corrected chi connectivity index (χ4v) is 2.58. The number of hydrogen-bond acceptors (Lipinski definition) is 3. The van der Waals surface area contributed by atoms with E-state index in [0.717, 1.165) is 6.54 Å². The van der Waals surface area contributed by atoms with Crippen LogP contribution in [0.5, 0.6) is 0 Å². The van der Waals surface area contributed by atoms with Gasteiger partial charge in [0, 0.05) is 19.6 Å². The Morgan fingerprint density at radius 1 is 1.29 bits per heavy atom. The highest BCUT2D eigenvalue weighted by Crippen LogP contribution is 2.06. The van der Waals surface area contributed by atoms with Gasteiger partial charge in [-0.15, -0.1) is 6.58 Å². The van der Waals surface area contributed by atoms with Crippen molar-refractivity contribution < 1.29 is 8.42 Å². The lowest BCUT2D eigenvalue weighted by Crippen LogP contribution is -2.38. The second-order valence-corrected chi connectivity index (χ2v) is 5.91. The first-order valence-electron chi connectivity index (χ1n) is 6.78. The number of nitrogens with one attached hydrogen (secondary N) is 3. The van der Waals surface area contributed by atoms with Crippen LogP contribution in [-0.4, -0.2) is 40.6 Å². The summed E-state index contributed by atoms with van der Waals surface area (Å²) in [6.07, 6.45) is 1.73. The van der Waals surface area contributed by atoms with Crippen LogP contribution < -0.4 is 15.4 Å². The number of nitrogens with zero attached hydrogens (tertiary/aromatic N) is 1. The van der Waals surface area contributed by atoms with Gasteiger partial charge >= 0.3 is 0 Å². The summed E-state index contributed by atoms with van der Waals surface area (Å²) in [7, 11) is -3.46. The summed E-state index contributed by atoms with van der Waals surface area (Å²) < 4.78 is 26.5. The van der Waals surface area contributed by atoms with Crippen LogP contribution in [0.4, 0.5) is 0 Å². The van der Waals surface area contributed by atoms with Crippen LogP contribution in [0.25, 0.3) is 0 Å². The Labute approximate surface area is 126 Å². The third-order valence-electron chi connectivity index (χ3n) is 2.49. The summed E-state index contributed by atoms with van der Waals surface area (Å²) in [4.78, 5) is 4.52. The molecule has 0 aliphatic carbocycles. The Morgan fingerprint density at radius 2 is 2.00 bits per heavy atom. The second kappa shape index (κ2) is 9.15. The number of aliphatic imine (C=N–C) groups is 1. The molecule has 0 heterocycles. The Balaban J connectivity index is 2.49. The summed E-state index contributed by atoms with van der Waals surface area (Å²) in [6, 6.07) is 8.27. The van der Waals surface area contributed by atoms with Crippen molar-refractivity contribution >= 4 is 16.0 Å². The van der Waals surface area contributed by atoms with Crippen LogP contribution >= 0.6 is 0 Å². The molecule has 21 heavy (non-hydrogen) atoms. The zero-order valence-corrected chi connectivity index (χ0v) is 13.0. The maximum absolute atomic E-state index is 12.0. The van der Waals surface area contributed by atoms with E-state index in [4.69, 9.17) is 0 Å². The minimum Gasteiger partial charge on any atom is -0.357 e. The van der Waals surface area contributed by atoms with Crippen molar-refractivity contribution in [3.05, 3.63) is 43.0 Å². The third-order valence-corrected chi connectivity index (χ3v) is 3.96. The quantitative estimate of drug-likeness (QED) is 0.286. The van der Waals surface area contributed by atoms with Gasteiger partial charge in [0.25, 0.3) is 0 Å². The van der Waals surface area contributed by atoms with Crippen molar-refractivity contribution in [3.63, 3.8) is 0 Å². The van der Waals surface area contributed by atoms with Gasteiger partial charge in [-0.25, -0.2) is 13.1 Å². The average molecular weight is 310 g/mol. The zero-order chi connectivity index (χ0) is 15.6. The average Bonchev–Trinajstić information content (AvgIpc) is 2.50. The standard InChI is InChI=1S/C14H22N4O2S/c1-3-10-16-14(15-4-2)17-11-12-18-21(19,20)13-8-6-5-7-9-13/h3,5-9,18H,1,4,10-12H2,2H3,(H2,15,16,17). The molecule has 7 heteroatoms. The molecule has 0 unspecified atom stereocenters. The number of benzene rings is 1. The Kier molecular flexibility index (Phi) is 7.49. The molecular weight excluding hydrogens is 288 g/mol. The maximum atomic E-state index is 12.0. The lowest BCUT2D eigenvalue weighted by atomic mass is 10.4. The second-order valence-electron chi connectivity index (χ2n) is 4.14. The normalized spacial score (nSPS) is 12.0. The van der Waals surface area contributed by atoms with Gasteiger partial charge in [-0.2, -0.15) is 0 Å². The minimum atomic E-state index is -3.46. The van der Waals surface area contributed by atoms with Crippen LogP contribution in [0, 0.1) is 0 Å². The summed E-state index contributed by atoms with van der Waals surface area (Å²) in [6.45, 7) is 7.50. The molecule has 0 aliphatic rings. The molecule has 0 spiro atoms. The first-order chi connectivity index (χ1) is 10.1. The Morgan fingerprint density at radius 3 is 2.62 bits per heavy atom. The van der Waals surface area contributed by atoms with Gasteiger partial charge < -0.3 is 10.6 Å². The van der Waals surface area contributed by atoms with Crippen LogP contribution in [-0.2, 0) is 10.0 Å². The van der Waals surface area contributed by atoms with Crippen molar-refractivity contribution in [2.45, 2.75) is 11.8 Å². The highest BCUT2D eigenvalue weighted by atomic mass is 32.2. The van der Waals surface area contributed by atoms with Crippen molar-refractivity contribution in [2.24, 2.45) is 4.99 Å². The molecule has 1 rings (SSSR count). The van der Waals surface area contributed by atoms with E-state index in [1.165, 1.54) is 0 Å². The molecule has 0 aromatic heterocycles. The van der Waals surface area contributed by atoms with Crippen molar-refractivity contribution in [1.82, 2.24) is 15.4 Å². The van der Waals surface area contributed by atoms with Gasteiger partial charge in [-0.05, 0) is 19.1 Å². The van der Waals surface area contributed by atoms with E-state index in [-0.39, 0.29) is 11.4 Å². The predicted octanol–water partition coefficient (Wildman–Crippen LogP) is 0.706. The molecule has 0 radical (unpaired) electrons. The summed E-state index contributed by atoms with van der Waals surface area (Å²) in [5.74, 6) is 0.635. The number of guanidine groups is 1. The number of rotatable bonds is 8. The number of hydrogen-bond donors (Lipinski definition) is 3. The molecule has 0 saturated heterocycles. The predicted molar refractivity (Wildman–Crippen MR) is 85.8 cm³/mol. The topological polar surface area (TPSA) is 82.6 Å². The monoisotopic (exact) mass is 310 g/mol. The fraction of sp³-hybridized carbons (Fsp3) is 0.357. The lowest BCUT2D eigenvalue weighted by Gasteiger charge is -2.09. The van der Waals surface area contributed by atoms with Gasteiger partial charge in [0.1, 0.15) is 0 Å². The van der Waals surface area contributed by atoms with Gasteiger partial charge in [-0.1, -0.05) is 24.3 Å². The molecule has 0 saturated carbocycles. The first-order valence-corrected chi connectivity index (χ1v) is 8.26. The van der Waals surface area contributed by atoms with Gasteiger partial charge in [-0.3, -0.25) is 4.99 Å². The summed E-state index contributed by atoms with van der Waals surface area (Å²) in [5.41, 5.74) is 0. The molecule has 1 aromatic rings. The highest BCUT2D eigenvalue weighted by Gasteiger charge is 2.11. The van der Waals surface area contributed by atoms with Crippen molar-refractivity contribution in [1.29, 1.82) is 0 Å². The molecule has 0 atom stereocenters. The van der Waals surface area contributed by atoms with Gasteiger partial charge in [0.2, 0.25) is 10.0 Å². The lowest BCUT2D eigenvalue weighted by molar-refractivity contribution is 0.582. The minimum absolute atomic E-state index is 0.238. The molecule has 0 aliphatic heterocycles. The molecule has 0 bridgehead atoms. The van der Waals surface area contributed by atoms with E-state index in [2.05, 4.69) is 26.9 Å². The van der Waals surface area contributed by atoms with Gasteiger partial charge in [0.05, 0.1) is 11.4 Å². The van der Waals surface area contributed by atoms with Crippen LogP contribution in [0.3, 0.4) is 0 Å². The Hall–Kier alpha value is -1.86. The smallest absolute Gasteiger partial charge is 0.240 e. The van der Waals surface area contributed by atoms with E-state index in [1.54, 1.807) is 36.4 Å². The van der Waals surface area contributed by atoms with Crippen molar-refractivity contribution in [2.75, 3.05) is 26.2 Å². The van der Waals surface area contributed by atoms with E-state index in [9.17, 15) is 8.42 Å². The van der Waals surface area contributed by atoms with E-state index < -0.39 is 10.0 Å². The Bertz CT molecular complexity index is 556. The van der Waals surface area contributed by atoms with E-state index in [0.29, 0.717) is 19.0 Å². The largest absolute Gasteiger partial charge is 0.357 e. The molecule has 1 aromatic carbocycles. The molecular formula is C14H22N4O2S. The summed E-state index contributed by atoms with van der Waals surface area (Å²) >= 11 is 0. The van der Waals surface area contributed by atoms with Crippen LogP contribution in [0.15, 0.2) is 52.9 Å².